The molecule has 2 aliphatic rings. The van der Waals surface area contributed by atoms with Crippen molar-refractivity contribution in [2.75, 3.05) is 18.4 Å². The van der Waals surface area contributed by atoms with E-state index in [1.807, 2.05) is 24.5 Å². The molecule has 1 saturated carbocycles. The van der Waals surface area contributed by atoms with Crippen LogP contribution >= 0.6 is 11.3 Å². The fraction of sp³-hybridized carbons (Fsp3) is 0.500. The van der Waals surface area contributed by atoms with Gasteiger partial charge in [-0.2, -0.15) is 4.98 Å². The van der Waals surface area contributed by atoms with E-state index in [2.05, 4.69) is 36.2 Å². The van der Waals surface area contributed by atoms with Crippen molar-refractivity contribution in [3.63, 3.8) is 0 Å². The third kappa shape index (κ3) is 5.61. The average Bonchev–Trinajstić information content (AvgIpc) is 3.31. The zero-order valence-electron chi connectivity index (χ0n) is 18.4. The Morgan fingerprint density at radius 3 is 2.59 bits per heavy atom. The molecular formula is C24H30N6OS. The van der Waals surface area contributed by atoms with Crippen LogP contribution in [0.2, 0.25) is 0 Å². The van der Waals surface area contributed by atoms with Gasteiger partial charge < -0.3 is 10.1 Å². The number of aromatic nitrogens is 4. The lowest BCUT2D eigenvalue weighted by Gasteiger charge is -2.26. The predicted molar refractivity (Wildman–Crippen MR) is 127 cm³/mol. The van der Waals surface area contributed by atoms with Gasteiger partial charge in [0.05, 0.1) is 10.6 Å². The Morgan fingerprint density at radius 1 is 0.938 bits per heavy atom. The molecule has 0 radical (unpaired) electrons. The van der Waals surface area contributed by atoms with Gasteiger partial charge in [0, 0.05) is 25.1 Å². The van der Waals surface area contributed by atoms with Crippen LogP contribution in [-0.4, -0.2) is 44.0 Å². The monoisotopic (exact) mass is 450 g/mol. The van der Waals surface area contributed by atoms with Crippen molar-refractivity contribution in [1.29, 1.82) is 0 Å². The molecule has 1 N–H and O–H groups in total. The molecule has 32 heavy (non-hydrogen) atoms. The van der Waals surface area contributed by atoms with E-state index in [-0.39, 0.29) is 6.10 Å². The van der Waals surface area contributed by atoms with Crippen molar-refractivity contribution in [3.8, 4) is 16.6 Å². The minimum Gasteiger partial charge on any atom is -0.460 e. The third-order valence-corrected chi connectivity index (χ3v) is 7.07. The van der Waals surface area contributed by atoms with Gasteiger partial charge in [-0.3, -0.25) is 4.90 Å². The van der Waals surface area contributed by atoms with E-state index in [0.717, 1.165) is 40.9 Å². The molecule has 0 spiro atoms. The summed E-state index contributed by atoms with van der Waals surface area (Å²) < 4.78 is 6.02. The number of nitrogens with zero attached hydrogens (tertiary/aromatic N) is 5. The smallest absolute Gasteiger partial charge is 0.317 e. The fourth-order valence-electron chi connectivity index (χ4n) is 4.39. The molecule has 4 heterocycles. The predicted octanol–water partition coefficient (Wildman–Crippen LogP) is 5.44. The second-order valence-electron chi connectivity index (χ2n) is 8.65. The molecule has 0 unspecified atom stereocenters. The van der Waals surface area contributed by atoms with Crippen LogP contribution < -0.4 is 10.1 Å². The van der Waals surface area contributed by atoms with Crippen LogP contribution in [0.25, 0.3) is 10.6 Å². The van der Waals surface area contributed by atoms with Gasteiger partial charge in [0.2, 0.25) is 0 Å². The molecule has 3 aromatic heterocycles. The first-order valence-corrected chi connectivity index (χ1v) is 12.5. The summed E-state index contributed by atoms with van der Waals surface area (Å²) in [6.45, 7) is 3.37. The fourth-order valence-corrected chi connectivity index (χ4v) is 5.19. The molecule has 0 amide bonds. The van der Waals surface area contributed by atoms with E-state index in [9.17, 15) is 0 Å². The van der Waals surface area contributed by atoms with Crippen LogP contribution in [-0.2, 0) is 6.54 Å². The van der Waals surface area contributed by atoms with Gasteiger partial charge in [0.25, 0.3) is 0 Å². The summed E-state index contributed by atoms with van der Waals surface area (Å²) in [7, 11) is 0. The standard InChI is InChI=1S/C24H30N6OS/c1-3-7-19(8-4-1)31-23-25-12-11-20(28-23)21-16-27-24(32-21)29-22-10-9-18(15-26-22)17-30-13-5-2-6-14-30/h9-12,15-16,19H,1-8,13-14,17H2,(H,26,27,29). The van der Waals surface area contributed by atoms with E-state index < -0.39 is 0 Å². The number of hydrogen-bond donors (Lipinski definition) is 1. The van der Waals surface area contributed by atoms with Crippen LogP contribution in [0, 0.1) is 0 Å². The maximum Gasteiger partial charge on any atom is 0.317 e. The van der Waals surface area contributed by atoms with E-state index in [0.29, 0.717) is 6.01 Å². The first-order valence-electron chi connectivity index (χ1n) is 11.7. The third-order valence-electron chi connectivity index (χ3n) is 6.13. The number of piperidine rings is 1. The Morgan fingerprint density at radius 2 is 1.78 bits per heavy atom. The number of ether oxygens (including phenoxy) is 1. The molecule has 1 aliphatic carbocycles. The molecule has 1 saturated heterocycles. The van der Waals surface area contributed by atoms with Crippen molar-refractivity contribution < 1.29 is 4.74 Å². The summed E-state index contributed by atoms with van der Waals surface area (Å²) in [5.41, 5.74) is 2.09. The lowest BCUT2D eigenvalue weighted by atomic mass is 9.98. The highest BCUT2D eigenvalue weighted by Crippen LogP contribution is 2.30. The maximum atomic E-state index is 6.02. The molecule has 0 atom stereocenters. The van der Waals surface area contributed by atoms with Crippen molar-refractivity contribution >= 4 is 22.3 Å². The second kappa shape index (κ2) is 10.4. The summed E-state index contributed by atoms with van der Waals surface area (Å²) in [5, 5.41) is 4.11. The Balaban J connectivity index is 1.20. The number of rotatable bonds is 7. The lowest BCUT2D eigenvalue weighted by molar-refractivity contribution is 0.142. The molecule has 7 nitrogen and oxygen atoms in total. The molecule has 168 valence electrons. The Kier molecular flexibility index (Phi) is 6.89. The largest absolute Gasteiger partial charge is 0.460 e. The van der Waals surface area contributed by atoms with Crippen LogP contribution in [0.4, 0.5) is 10.9 Å². The summed E-state index contributed by atoms with van der Waals surface area (Å²) in [4.78, 5) is 21.5. The van der Waals surface area contributed by atoms with E-state index in [1.165, 1.54) is 57.2 Å². The highest BCUT2D eigenvalue weighted by atomic mass is 32.1. The highest BCUT2D eigenvalue weighted by Gasteiger charge is 2.17. The normalized spacial score (nSPS) is 17.9. The van der Waals surface area contributed by atoms with Crippen LogP contribution in [0.1, 0.15) is 56.9 Å². The minimum atomic E-state index is 0.238. The number of nitrogens with one attached hydrogen (secondary N) is 1. The van der Waals surface area contributed by atoms with Crippen molar-refractivity contribution in [2.45, 2.75) is 64.0 Å². The number of pyridine rings is 1. The number of anilines is 2. The van der Waals surface area contributed by atoms with Gasteiger partial charge in [0.15, 0.2) is 5.13 Å². The quantitative estimate of drug-likeness (QED) is 0.514. The molecule has 8 heteroatoms. The molecule has 1 aliphatic heterocycles. The van der Waals surface area contributed by atoms with Gasteiger partial charge in [-0.05, 0) is 69.3 Å². The van der Waals surface area contributed by atoms with E-state index >= 15 is 0 Å². The zero-order chi connectivity index (χ0) is 21.6. The Bertz CT molecular complexity index is 996. The van der Waals surface area contributed by atoms with E-state index in [4.69, 9.17) is 4.74 Å². The second-order valence-corrected chi connectivity index (χ2v) is 9.68. The van der Waals surface area contributed by atoms with Crippen molar-refractivity contribution in [3.05, 3.63) is 42.4 Å². The van der Waals surface area contributed by atoms with Crippen LogP contribution in [0.3, 0.4) is 0 Å². The van der Waals surface area contributed by atoms with Crippen molar-refractivity contribution in [2.24, 2.45) is 0 Å². The van der Waals surface area contributed by atoms with Gasteiger partial charge in [-0.25, -0.2) is 15.0 Å². The SMILES string of the molecule is c1cc(-c2cnc(Nc3ccc(CN4CCCCC4)cn3)s2)nc(OC2CCCCC2)n1. The number of hydrogen-bond acceptors (Lipinski definition) is 8. The first-order chi connectivity index (χ1) is 15.8. The van der Waals surface area contributed by atoms with Gasteiger partial charge in [0.1, 0.15) is 11.9 Å². The molecule has 0 aromatic carbocycles. The Hall–Kier alpha value is -2.58. The summed E-state index contributed by atoms with van der Waals surface area (Å²) >= 11 is 1.55. The van der Waals surface area contributed by atoms with Crippen LogP contribution in [0.5, 0.6) is 6.01 Å². The summed E-state index contributed by atoms with van der Waals surface area (Å²) in [5.74, 6) is 0.803. The maximum absolute atomic E-state index is 6.02. The topological polar surface area (TPSA) is 76.1 Å². The minimum absolute atomic E-state index is 0.238. The molecular weight excluding hydrogens is 420 g/mol. The van der Waals surface area contributed by atoms with Gasteiger partial charge in [-0.1, -0.05) is 30.2 Å². The zero-order valence-corrected chi connectivity index (χ0v) is 19.2. The first kappa shape index (κ1) is 21.3. The Labute approximate surface area is 193 Å². The molecule has 5 rings (SSSR count). The van der Waals surface area contributed by atoms with Crippen molar-refractivity contribution in [1.82, 2.24) is 24.8 Å². The molecule has 2 fully saturated rings. The summed E-state index contributed by atoms with van der Waals surface area (Å²) in [6, 6.07) is 6.54. The van der Waals surface area contributed by atoms with Gasteiger partial charge >= 0.3 is 6.01 Å². The highest BCUT2D eigenvalue weighted by molar-refractivity contribution is 7.18. The lowest BCUT2D eigenvalue weighted by Crippen LogP contribution is -2.29. The molecule has 0 bridgehead atoms. The van der Waals surface area contributed by atoms with E-state index in [1.54, 1.807) is 17.5 Å². The summed E-state index contributed by atoms with van der Waals surface area (Å²) in [6.07, 6.45) is 15.7. The average molecular weight is 451 g/mol. The van der Waals surface area contributed by atoms with Gasteiger partial charge in [-0.15, -0.1) is 0 Å². The number of thiazole rings is 1. The van der Waals surface area contributed by atoms with Crippen LogP contribution in [0.15, 0.2) is 36.8 Å². The molecule has 3 aromatic rings. The number of likely N-dealkylation sites (tertiary alicyclic amines) is 1.